The first-order valence-corrected chi connectivity index (χ1v) is 11.4. The lowest BCUT2D eigenvalue weighted by molar-refractivity contribution is 0.559. The summed E-state index contributed by atoms with van der Waals surface area (Å²) in [5.41, 5.74) is 4.84. The van der Waals surface area contributed by atoms with E-state index in [1.807, 2.05) is 13.0 Å². The summed E-state index contributed by atoms with van der Waals surface area (Å²) in [5.74, 6) is 1.92. The summed E-state index contributed by atoms with van der Waals surface area (Å²) in [6, 6.07) is 5.71. The highest BCUT2D eigenvalue weighted by atomic mass is 32.2. The molecule has 3 rings (SSSR count). The van der Waals surface area contributed by atoms with Crippen LogP contribution in [0.4, 0.5) is 0 Å². The molecule has 0 aliphatic rings. The van der Waals surface area contributed by atoms with E-state index in [2.05, 4.69) is 43.6 Å². The van der Waals surface area contributed by atoms with Crippen LogP contribution >= 0.6 is 34.9 Å². The summed E-state index contributed by atoms with van der Waals surface area (Å²) >= 11 is 4.82. The van der Waals surface area contributed by atoms with Gasteiger partial charge in [-0.15, -0.1) is 10.2 Å². The molecule has 4 nitrogen and oxygen atoms in total. The van der Waals surface area contributed by atoms with E-state index in [1.165, 1.54) is 5.56 Å². The van der Waals surface area contributed by atoms with Gasteiger partial charge in [0.25, 0.3) is 0 Å². The topological polar surface area (TPSA) is 56.0 Å². The molecule has 0 amide bonds. The molecule has 0 radical (unpaired) electrons. The monoisotopic (exact) mass is 418 g/mol. The molecule has 0 saturated carbocycles. The van der Waals surface area contributed by atoms with Crippen molar-refractivity contribution in [1.82, 2.24) is 10.2 Å². The number of aromatic nitrogens is 2. The van der Waals surface area contributed by atoms with E-state index in [0.717, 1.165) is 36.5 Å². The maximum absolute atomic E-state index is 12.0. The predicted molar refractivity (Wildman–Crippen MR) is 116 cm³/mol. The van der Waals surface area contributed by atoms with Gasteiger partial charge in [-0.3, -0.25) is 0 Å². The van der Waals surface area contributed by atoms with Crippen LogP contribution in [0.3, 0.4) is 0 Å². The number of nitrogens with zero attached hydrogens (tertiary/aromatic N) is 2. The number of rotatable bonds is 7. The van der Waals surface area contributed by atoms with Gasteiger partial charge in [-0.25, -0.2) is 4.79 Å². The summed E-state index contributed by atoms with van der Waals surface area (Å²) in [6.07, 6.45) is 0. The van der Waals surface area contributed by atoms with Crippen molar-refractivity contribution in [3.8, 4) is 0 Å². The zero-order chi connectivity index (χ0) is 19.6. The molecule has 0 aliphatic heterocycles. The van der Waals surface area contributed by atoms with E-state index in [9.17, 15) is 4.79 Å². The molecule has 0 fully saturated rings. The van der Waals surface area contributed by atoms with Gasteiger partial charge in [0.15, 0.2) is 8.68 Å². The summed E-state index contributed by atoms with van der Waals surface area (Å²) in [4.78, 5) is 12.0. The third-order valence-corrected chi connectivity index (χ3v) is 7.49. The van der Waals surface area contributed by atoms with Crippen molar-refractivity contribution in [2.45, 2.75) is 48.0 Å². The minimum Gasteiger partial charge on any atom is -0.423 e. The molecule has 0 N–H and O–H groups in total. The van der Waals surface area contributed by atoms with E-state index < -0.39 is 0 Å². The summed E-state index contributed by atoms with van der Waals surface area (Å²) < 4.78 is 7.27. The molecule has 1 aromatic carbocycles. The molecule has 2 heterocycles. The fourth-order valence-electron chi connectivity index (χ4n) is 2.77. The van der Waals surface area contributed by atoms with Crippen molar-refractivity contribution in [2.24, 2.45) is 0 Å². The number of benzene rings is 1. The van der Waals surface area contributed by atoms with Gasteiger partial charge in [0.1, 0.15) is 5.58 Å². The zero-order valence-corrected chi connectivity index (χ0v) is 18.3. The van der Waals surface area contributed by atoms with Gasteiger partial charge in [0.2, 0.25) is 0 Å². The Bertz CT molecular complexity index is 1040. The molecule has 0 atom stereocenters. The number of aryl methyl sites for hydroxylation is 1. The van der Waals surface area contributed by atoms with Gasteiger partial charge in [-0.1, -0.05) is 60.9 Å². The van der Waals surface area contributed by atoms with Gasteiger partial charge in [-0.2, -0.15) is 0 Å². The van der Waals surface area contributed by atoms with Gasteiger partial charge in [0.05, 0.1) is 0 Å². The Morgan fingerprint density at radius 1 is 1.22 bits per heavy atom. The van der Waals surface area contributed by atoms with Gasteiger partial charge >= 0.3 is 5.63 Å². The van der Waals surface area contributed by atoms with Gasteiger partial charge in [-0.05, 0) is 48.6 Å². The van der Waals surface area contributed by atoms with E-state index in [-0.39, 0.29) is 5.63 Å². The number of hydrogen-bond acceptors (Lipinski definition) is 7. The summed E-state index contributed by atoms with van der Waals surface area (Å²) in [5, 5.41) is 9.47. The highest BCUT2D eigenvalue weighted by Gasteiger charge is 2.13. The van der Waals surface area contributed by atoms with Gasteiger partial charge < -0.3 is 4.42 Å². The highest BCUT2D eigenvalue weighted by Crippen LogP contribution is 2.33. The second-order valence-electron chi connectivity index (χ2n) is 6.82. The number of hydrogen-bond donors (Lipinski definition) is 0. The summed E-state index contributed by atoms with van der Waals surface area (Å²) in [6.45, 7) is 12.3. The third-order valence-electron chi connectivity index (χ3n) is 4.02. The van der Waals surface area contributed by atoms with Crippen LogP contribution in [0.1, 0.15) is 43.4 Å². The summed E-state index contributed by atoms with van der Waals surface area (Å²) in [7, 11) is 0. The molecular formula is C20H22N2O2S3. The largest absolute Gasteiger partial charge is 0.423 e. The molecule has 0 aliphatic carbocycles. The number of thioether (sulfide) groups is 2. The average Bonchev–Trinajstić information content (AvgIpc) is 3.04. The molecule has 0 spiro atoms. The highest BCUT2D eigenvalue weighted by molar-refractivity contribution is 8.03. The first kappa shape index (κ1) is 20.2. The van der Waals surface area contributed by atoms with Crippen molar-refractivity contribution in [3.63, 3.8) is 0 Å². The molecule has 0 bridgehead atoms. The maximum atomic E-state index is 12.0. The Kier molecular flexibility index (Phi) is 6.44. The first-order valence-electron chi connectivity index (χ1n) is 8.64. The first-order chi connectivity index (χ1) is 12.8. The SMILES string of the molecule is C=C(C)CSc1nnc(SCc2cc(=O)oc3cc(C)c(C(C)C)cc23)s1. The lowest BCUT2D eigenvalue weighted by Gasteiger charge is -2.12. The average molecular weight is 419 g/mol. The van der Waals surface area contributed by atoms with Crippen LogP contribution in [0.25, 0.3) is 11.0 Å². The second kappa shape index (κ2) is 8.63. The lowest BCUT2D eigenvalue weighted by Crippen LogP contribution is -2.02. The Labute approximate surface area is 171 Å². The molecule has 3 aromatic rings. The van der Waals surface area contributed by atoms with E-state index >= 15 is 0 Å². The lowest BCUT2D eigenvalue weighted by atomic mass is 9.95. The minimum atomic E-state index is -0.315. The second-order valence-corrected chi connectivity index (χ2v) is 10.2. The molecular weight excluding hydrogens is 396 g/mol. The van der Waals surface area contributed by atoms with Crippen LogP contribution < -0.4 is 5.63 Å². The Morgan fingerprint density at radius 2 is 1.93 bits per heavy atom. The van der Waals surface area contributed by atoms with E-state index in [4.69, 9.17) is 4.42 Å². The Morgan fingerprint density at radius 3 is 2.59 bits per heavy atom. The number of fused-ring (bicyclic) bond motifs is 1. The van der Waals surface area contributed by atoms with Crippen LogP contribution in [-0.4, -0.2) is 16.0 Å². The fraction of sp³-hybridized carbons (Fsp3) is 0.350. The van der Waals surface area contributed by atoms with Crippen molar-refractivity contribution < 1.29 is 4.42 Å². The van der Waals surface area contributed by atoms with E-state index in [0.29, 0.717) is 17.3 Å². The Hall–Kier alpha value is -1.57. The molecule has 0 unspecified atom stereocenters. The molecule has 2 aromatic heterocycles. The quantitative estimate of drug-likeness (QED) is 0.265. The van der Waals surface area contributed by atoms with Crippen LogP contribution in [0.15, 0.2) is 48.2 Å². The van der Waals surface area contributed by atoms with Gasteiger partial charge in [0, 0.05) is 23.0 Å². The smallest absolute Gasteiger partial charge is 0.336 e. The van der Waals surface area contributed by atoms with Crippen molar-refractivity contribution in [1.29, 1.82) is 0 Å². The van der Waals surface area contributed by atoms with E-state index in [1.54, 1.807) is 40.9 Å². The minimum absolute atomic E-state index is 0.315. The molecule has 7 heteroatoms. The standard InChI is InChI=1S/C20H22N2O2S3/c1-11(2)9-25-19-21-22-20(27-19)26-10-14-7-18(23)24-17-6-13(5)15(12(3)4)8-16(14)17/h6-8,12H,1,9-10H2,2-5H3. The molecule has 0 saturated heterocycles. The third kappa shape index (κ3) is 5.03. The normalized spacial score (nSPS) is 11.4. The Balaban J connectivity index is 1.85. The maximum Gasteiger partial charge on any atom is 0.336 e. The van der Waals surface area contributed by atoms with Crippen LogP contribution in [0.2, 0.25) is 0 Å². The molecule has 142 valence electrons. The van der Waals surface area contributed by atoms with Crippen molar-refractivity contribution in [2.75, 3.05) is 5.75 Å². The van der Waals surface area contributed by atoms with Crippen LogP contribution in [-0.2, 0) is 5.75 Å². The van der Waals surface area contributed by atoms with Crippen molar-refractivity contribution >= 4 is 45.8 Å². The van der Waals surface area contributed by atoms with Crippen LogP contribution in [0.5, 0.6) is 0 Å². The van der Waals surface area contributed by atoms with Crippen LogP contribution in [0, 0.1) is 6.92 Å². The van der Waals surface area contributed by atoms with Crippen molar-refractivity contribution in [3.05, 3.63) is 57.5 Å². The zero-order valence-electron chi connectivity index (χ0n) is 15.9. The predicted octanol–water partition coefficient (Wildman–Crippen LogP) is 6.04. The fourth-order valence-corrected chi connectivity index (χ4v) is 5.63. The molecule has 27 heavy (non-hydrogen) atoms.